The molecule has 0 saturated carbocycles. The molecule has 1 unspecified atom stereocenters. The first-order valence-corrected chi connectivity index (χ1v) is 7.07. The third kappa shape index (κ3) is 2.15. The lowest BCUT2D eigenvalue weighted by Crippen LogP contribution is -2.01. The van der Waals surface area contributed by atoms with Crippen molar-refractivity contribution in [1.29, 1.82) is 0 Å². The van der Waals surface area contributed by atoms with Crippen LogP contribution >= 0.6 is 11.3 Å². The molecule has 0 aliphatic heterocycles. The van der Waals surface area contributed by atoms with Crippen molar-refractivity contribution in [1.82, 2.24) is 4.98 Å². The zero-order chi connectivity index (χ0) is 13.4. The highest BCUT2D eigenvalue weighted by atomic mass is 32.1. The van der Waals surface area contributed by atoms with Crippen molar-refractivity contribution < 1.29 is 5.11 Å². The van der Waals surface area contributed by atoms with Crippen LogP contribution in [-0.2, 0) is 0 Å². The monoisotopic (exact) mass is 269 g/mol. The molecule has 96 valence electrons. The van der Waals surface area contributed by atoms with Gasteiger partial charge in [-0.2, -0.15) is 0 Å². The van der Waals surface area contributed by atoms with Gasteiger partial charge in [-0.3, -0.25) is 4.98 Å². The van der Waals surface area contributed by atoms with Crippen LogP contribution in [0.2, 0.25) is 0 Å². The van der Waals surface area contributed by atoms with Crippen LogP contribution in [-0.4, -0.2) is 10.1 Å². The first-order valence-electron chi connectivity index (χ1n) is 6.25. The molecule has 0 bridgehead atoms. The first-order chi connectivity index (χ1) is 9.16. The Hall–Kier alpha value is -1.71. The third-order valence-electron chi connectivity index (χ3n) is 3.33. The number of rotatable bonds is 2. The number of para-hydroxylation sites is 1. The number of aliphatic hydroxyl groups excluding tert-OH is 1. The summed E-state index contributed by atoms with van der Waals surface area (Å²) in [6.45, 7) is 4.12. The summed E-state index contributed by atoms with van der Waals surface area (Å²) in [6, 6.07) is 11.9. The van der Waals surface area contributed by atoms with Gasteiger partial charge in [0.2, 0.25) is 0 Å². The average Bonchev–Trinajstić information content (AvgIpc) is 2.76. The Kier molecular flexibility index (Phi) is 3.09. The second kappa shape index (κ2) is 4.76. The molecule has 19 heavy (non-hydrogen) atoms. The van der Waals surface area contributed by atoms with Crippen molar-refractivity contribution in [3.05, 3.63) is 63.5 Å². The number of aliphatic hydroxyl groups is 1. The van der Waals surface area contributed by atoms with Gasteiger partial charge in [-0.05, 0) is 31.5 Å². The molecule has 1 aromatic carbocycles. The fourth-order valence-electron chi connectivity index (χ4n) is 2.44. The summed E-state index contributed by atoms with van der Waals surface area (Å²) >= 11 is 1.72. The highest BCUT2D eigenvalue weighted by Gasteiger charge is 2.17. The maximum Gasteiger partial charge on any atom is 0.107 e. The molecular formula is C16H15NOS. The minimum Gasteiger partial charge on any atom is -0.384 e. The zero-order valence-corrected chi connectivity index (χ0v) is 11.7. The Balaban J connectivity index is 2.16. The summed E-state index contributed by atoms with van der Waals surface area (Å²) in [5, 5.41) is 11.7. The molecule has 0 aliphatic rings. The molecule has 3 aromatic rings. The number of hydrogen-bond donors (Lipinski definition) is 1. The van der Waals surface area contributed by atoms with E-state index in [-0.39, 0.29) is 0 Å². The number of nitrogens with zero attached hydrogens (tertiary/aromatic N) is 1. The third-order valence-corrected chi connectivity index (χ3v) is 4.31. The minimum atomic E-state index is -0.608. The van der Waals surface area contributed by atoms with Crippen LogP contribution in [0.15, 0.2) is 42.6 Å². The molecule has 0 spiro atoms. The molecular weight excluding hydrogens is 254 g/mol. The lowest BCUT2D eigenvalue weighted by molar-refractivity contribution is 0.221. The standard InChI is InChI=1S/C16H15NOS/c1-10-9-14(11(2)19-10)16(18)13-7-3-5-12-6-4-8-17-15(12)13/h3-9,16,18H,1-2H3. The van der Waals surface area contributed by atoms with Crippen LogP contribution in [0.1, 0.15) is 27.0 Å². The maximum atomic E-state index is 10.7. The molecule has 2 aromatic heterocycles. The molecule has 2 heterocycles. The van der Waals surface area contributed by atoms with Gasteiger partial charge in [-0.1, -0.05) is 24.3 Å². The normalized spacial score (nSPS) is 12.8. The second-order valence-electron chi connectivity index (χ2n) is 4.69. The van der Waals surface area contributed by atoms with Gasteiger partial charge >= 0.3 is 0 Å². The van der Waals surface area contributed by atoms with E-state index in [9.17, 15) is 5.11 Å². The molecule has 0 amide bonds. The topological polar surface area (TPSA) is 33.1 Å². The number of aromatic nitrogens is 1. The average molecular weight is 269 g/mol. The molecule has 0 radical (unpaired) electrons. The fraction of sp³-hybridized carbons (Fsp3) is 0.188. The van der Waals surface area contributed by atoms with Crippen molar-refractivity contribution in [3.8, 4) is 0 Å². The van der Waals surface area contributed by atoms with Gasteiger partial charge in [0.1, 0.15) is 6.10 Å². The van der Waals surface area contributed by atoms with Crippen molar-refractivity contribution in [2.75, 3.05) is 0 Å². The fourth-order valence-corrected chi connectivity index (χ4v) is 3.40. The van der Waals surface area contributed by atoms with Crippen molar-refractivity contribution in [2.45, 2.75) is 20.0 Å². The highest BCUT2D eigenvalue weighted by molar-refractivity contribution is 7.12. The maximum absolute atomic E-state index is 10.7. The van der Waals surface area contributed by atoms with Gasteiger partial charge in [-0.15, -0.1) is 11.3 Å². The van der Waals surface area contributed by atoms with Crippen LogP contribution in [0.25, 0.3) is 10.9 Å². The SMILES string of the molecule is Cc1cc(C(O)c2cccc3cccnc23)c(C)s1. The lowest BCUT2D eigenvalue weighted by Gasteiger charge is -2.13. The molecule has 3 heteroatoms. The predicted molar refractivity (Wildman–Crippen MR) is 79.6 cm³/mol. The van der Waals surface area contributed by atoms with Crippen molar-refractivity contribution in [3.63, 3.8) is 0 Å². The summed E-state index contributed by atoms with van der Waals surface area (Å²) in [4.78, 5) is 6.79. The predicted octanol–water partition coefficient (Wildman–Crippen LogP) is 3.99. The molecule has 1 N–H and O–H groups in total. The highest BCUT2D eigenvalue weighted by Crippen LogP contribution is 2.33. The summed E-state index contributed by atoms with van der Waals surface area (Å²) < 4.78 is 0. The Morgan fingerprint density at radius 1 is 1.11 bits per heavy atom. The number of pyridine rings is 1. The van der Waals surface area contributed by atoms with E-state index >= 15 is 0 Å². The Morgan fingerprint density at radius 2 is 1.89 bits per heavy atom. The van der Waals surface area contributed by atoms with E-state index < -0.39 is 6.10 Å². The molecule has 2 nitrogen and oxygen atoms in total. The summed E-state index contributed by atoms with van der Waals surface area (Å²) in [6.07, 6.45) is 1.16. The summed E-state index contributed by atoms with van der Waals surface area (Å²) in [7, 11) is 0. The van der Waals surface area contributed by atoms with Gasteiger partial charge < -0.3 is 5.11 Å². The van der Waals surface area contributed by atoms with Crippen LogP contribution < -0.4 is 0 Å². The van der Waals surface area contributed by atoms with Gasteiger partial charge in [0, 0.05) is 26.9 Å². The Morgan fingerprint density at radius 3 is 2.63 bits per heavy atom. The van der Waals surface area contributed by atoms with E-state index in [1.807, 2.05) is 30.3 Å². The van der Waals surface area contributed by atoms with Crippen LogP contribution in [0.5, 0.6) is 0 Å². The Bertz CT molecular complexity index is 727. The van der Waals surface area contributed by atoms with Crippen LogP contribution in [0.3, 0.4) is 0 Å². The van der Waals surface area contributed by atoms with Crippen molar-refractivity contribution in [2.24, 2.45) is 0 Å². The second-order valence-corrected chi connectivity index (χ2v) is 6.15. The van der Waals surface area contributed by atoms with Gasteiger partial charge in [0.25, 0.3) is 0 Å². The Labute approximate surface area is 116 Å². The quantitative estimate of drug-likeness (QED) is 0.763. The molecule has 1 atom stereocenters. The first kappa shape index (κ1) is 12.3. The van der Waals surface area contributed by atoms with Gasteiger partial charge in [0.15, 0.2) is 0 Å². The van der Waals surface area contributed by atoms with E-state index in [4.69, 9.17) is 0 Å². The van der Waals surface area contributed by atoms with Crippen molar-refractivity contribution >= 4 is 22.2 Å². The smallest absolute Gasteiger partial charge is 0.107 e. The number of thiophene rings is 1. The molecule has 0 fully saturated rings. The largest absolute Gasteiger partial charge is 0.384 e. The number of hydrogen-bond acceptors (Lipinski definition) is 3. The summed E-state index contributed by atoms with van der Waals surface area (Å²) in [5.41, 5.74) is 2.74. The molecule has 0 saturated heterocycles. The molecule has 3 rings (SSSR count). The van der Waals surface area contributed by atoms with Gasteiger partial charge in [0.05, 0.1) is 5.52 Å². The minimum absolute atomic E-state index is 0.608. The van der Waals surface area contributed by atoms with E-state index in [1.54, 1.807) is 17.5 Å². The van der Waals surface area contributed by atoms with E-state index in [2.05, 4.69) is 24.9 Å². The van der Waals surface area contributed by atoms with Gasteiger partial charge in [-0.25, -0.2) is 0 Å². The number of aryl methyl sites for hydroxylation is 2. The van der Waals surface area contributed by atoms with E-state index in [0.717, 1.165) is 26.9 Å². The van der Waals surface area contributed by atoms with E-state index in [0.29, 0.717) is 0 Å². The zero-order valence-electron chi connectivity index (χ0n) is 10.9. The number of benzene rings is 1. The lowest BCUT2D eigenvalue weighted by atomic mass is 9.99. The number of fused-ring (bicyclic) bond motifs is 1. The van der Waals surface area contributed by atoms with Crippen LogP contribution in [0, 0.1) is 13.8 Å². The van der Waals surface area contributed by atoms with Crippen LogP contribution in [0.4, 0.5) is 0 Å². The molecule has 0 aliphatic carbocycles. The van der Waals surface area contributed by atoms with E-state index in [1.165, 1.54) is 4.88 Å². The summed E-state index contributed by atoms with van der Waals surface area (Å²) in [5.74, 6) is 0.